The minimum absolute atomic E-state index is 0.234. The Labute approximate surface area is 295 Å². The van der Waals surface area contributed by atoms with E-state index in [9.17, 15) is 18.4 Å². The molecule has 0 aliphatic carbocycles. The second-order valence-electron chi connectivity index (χ2n) is 13.4. The number of hydrogen-bond donors (Lipinski definition) is 2. The Kier molecular flexibility index (Phi) is 7.66. The van der Waals surface area contributed by atoms with Crippen LogP contribution in [0.1, 0.15) is 39.1 Å². The van der Waals surface area contributed by atoms with Crippen LogP contribution in [-0.4, -0.2) is 59.6 Å². The van der Waals surface area contributed by atoms with Gasteiger partial charge in [0.05, 0.1) is 21.6 Å². The Morgan fingerprint density at radius 1 is 0.961 bits per heavy atom. The summed E-state index contributed by atoms with van der Waals surface area (Å²) in [5, 5.41) is 2.96. The zero-order chi connectivity index (χ0) is 34.7. The number of aromatic amines is 1. The van der Waals surface area contributed by atoms with Crippen LogP contribution < -0.4 is 15.1 Å². The van der Waals surface area contributed by atoms with Crippen LogP contribution in [0.25, 0.3) is 32.2 Å². The lowest BCUT2D eigenvalue weighted by molar-refractivity contribution is -0.000509. The Balaban J connectivity index is 0.936. The molecule has 256 valence electrons. The quantitative estimate of drug-likeness (QED) is 0.191. The van der Waals surface area contributed by atoms with Crippen molar-refractivity contribution < 1.29 is 23.1 Å². The van der Waals surface area contributed by atoms with E-state index in [-0.39, 0.29) is 23.0 Å². The molecule has 6 aromatic rings. The fourth-order valence-electron chi connectivity index (χ4n) is 7.47. The topological polar surface area (TPSA) is 103 Å². The summed E-state index contributed by atoms with van der Waals surface area (Å²) in [7, 11) is 0. The number of amides is 2. The normalized spacial score (nSPS) is 16.4. The van der Waals surface area contributed by atoms with Crippen molar-refractivity contribution in [3.05, 3.63) is 113 Å². The van der Waals surface area contributed by atoms with Gasteiger partial charge in [0.15, 0.2) is 0 Å². The van der Waals surface area contributed by atoms with Crippen LogP contribution in [0.4, 0.5) is 26.0 Å². The Bertz CT molecular complexity index is 2320. The van der Waals surface area contributed by atoms with E-state index in [2.05, 4.69) is 25.2 Å². The number of rotatable bonds is 5. The van der Waals surface area contributed by atoms with Crippen LogP contribution in [0, 0.1) is 17.0 Å². The highest BCUT2D eigenvalue weighted by Gasteiger charge is 2.45. The maximum Gasteiger partial charge on any atom is 0.259 e. The first-order valence-corrected chi connectivity index (χ1v) is 17.7. The van der Waals surface area contributed by atoms with Gasteiger partial charge in [-0.15, -0.1) is 11.3 Å². The fraction of sp³-hybridized carbons (Fsp3) is 0.231. The van der Waals surface area contributed by atoms with Gasteiger partial charge < -0.3 is 24.8 Å². The molecule has 9 rings (SSSR count). The van der Waals surface area contributed by atoms with Gasteiger partial charge in [0.1, 0.15) is 28.8 Å². The number of carbonyl (C=O) groups is 2. The molecule has 0 unspecified atom stereocenters. The molecular formula is C39H32F2N6O3S. The van der Waals surface area contributed by atoms with Gasteiger partial charge in [0.25, 0.3) is 11.8 Å². The predicted molar refractivity (Wildman–Crippen MR) is 193 cm³/mol. The molecular weight excluding hydrogens is 671 g/mol. The summed E-state index contributed by atoms with van der Waals surface area (Å²) in [4.78, 5) is 45.2. The van der Waals surface area contributed by atoms with E-state index in [1.54, 1.807) is 65.7 Å². The first-order valence-electron chi connectivity index (χ1n) is 16.9. The first kappa shape index (κ1) is 31.5. The molecule has 0 bridgehead atoms. The van der Waals surface area contributed by atoms with Crippen LogP contribution in [0.2, 0.25) is 0 Å². The van der Waals surface area contributed by atoms with Gasteiger partial charge in [-0.05, 0) is 97.6 Å². The summed E-state index contributed by atoms with van der Waals surface area (Å²) >= 11 is 1.47. The molecule has 0 atom stereocenters. The standard InChI is InChI=1S/C39H32F2N6O3S/c40-25-8-11-27-31(20-25)47(16-12-24-19-32(51-34(24)27)35-44-30-5-1-4-29(41)33(30)45-35)38(49)23-6-9-26(10-7-23)43-37(48)28-3-2-15-42-36(28)46-21-39(22-46)13-17-50-18-14-39/h1-11,15,19-20H,12-14,16-18,21-22H2,(H,43,48)(H,44,45). The molecule has 3 aromatic carbocycles. The Morgan fingerprint density at radius 2 is 1.78 bits per heavy atom. The highest BCUT2D eigenvalue weighted by Crippen LogP contribution is 2.45. The molecule has 6 heterocycles. The number of nitrogens with zero attached hydrogens (tertiary/aromatic N) is 4. The number of thiophene rings is 1. The molecule has 51 heavy (non-hydrogen) atoms. The number of para-hydroxylation sites is 1. The number of hydrogen-bond acceptors (Lipinski definition) is 7. The second-order valence-corrected chi connectivity index (χ2v) is 14.5. The molecule has 2 saturated heterocycles. The van der Waals surface area contributed by atoms with Gasteiger partial charge in [-0.2, -0.15) is 0 Å². The summed E-state index contributed by atoms with van der Waals surface area (Å²) < 4.78 is 34.7. The van der Waals surface area contributed by atoms with Crippen LogP contribution in [0.3, 0.4) is 0 Å². The summed E-state index contributed by atoms with van der Waals surface area (Å²) in [5.74, 6) is -0.159. The highest BCUT2D eigenvalue weighted by atomic mass is 32.1. The third-order valence-corrected chi connectivity index (χ3v) is 11.4. The minimum Gasteiger partial charge on any atom is -0.381 e. The zero-order valence-corrected chi connectivity index (χ0v) is 28.2. The van der Waals surface area contributed by atoms with E-state index < -0.39 is 5.82 Å². The van der Waals surface area contributed by atoms with E-state index >= 15 is 0 Å². The van der Waals surface area contributed by atoms with E-state index in [0.29, 0.717) is 58.1 Å². The van der Waals surface area contributed by atoms with Gasteiger partial charge in [-0.3, -0.25) is 9.59 Å². The molecule has 0 saturated carbocycles. The fourth-order valence-corrected chi connectivity index (χ4v) is 8.66. The number of benzene rings is 3. The number of imidazole rings is 1. The third kappa shape index (κ3) is 5.64. The number of aromatic nitrogens is 3. The van der Waals surface area contributed by atoms with Crippen LogP contribution in [0.5, 0.6) is 0 Å². The smallest absolute Gasteiger partial charge is 0.259 e. The summed E-state index contributed by atoms with van der Waals surface area (Å²) in [5.41, 5.74) is 4.75. The van der Waals surface area contributed by atoms with Gasteiger partial charge in [0.2, 0.25) is 0 Å². The highest BCUT2D eigenvalue weighted by molar-refractivity contribution is 7.19. The predicted octanol–water partition coefficient (Wildman–Crippen LogP) is 7.70. The summed E-state index contributed by atoms with van der Waals surface area (Å²) in [6, 6.07) is 21.5. The lowest BCUT2D eigenvalue weighted by Crippen LogP contribution is -2.59. The van der Waals surface area contributed by atoms with Crippen molar-refractivity contribution in [1.82, 2.24) is 15.0 Å². The van der Waals surface area contributed by atoms with Crippen molar-refractivity contribution in [3.63, 3.8) is 0 Å². The second kappa shape index (κ2) is 12.4. The van der Waals surface area contributed by atoms with Gasteiger partial charge in [-0.25, -0.2) is 18.7 Å². The molecule has 1 spiro atoms. The molecule has 3 aliphatic heterocycles. The average Bonchev–Trinajstić information content (AvgIpc) is 3.74. The van der Waals surface area contributed by atoms with Crippen molar-refractivity contribution in [3.8, 4) is 21.1 Å². The number of carbonyl (C=O) groups excluding carboxylic acids is 2. The van der Waals surface area contributed by atoms with Crippen LogP contribution >= 0.6 is 11.3 Å². The van der Waals surface area contributed by atoms with E-state index in [1.807, 2.05) is 6.07 Å². The molecule has 3 aromatic heterocycles. The Hall–Kier alpha value is -5.46. The molecule has 3 aliphatic rings. The molecule has 0 radical (unpaired) electrons. The number of pyridine rings is 1. The lowest BCUT2D eigenvalue weighted by Gasteiger charge is -2.53. The SMILES string of the molecule is O=C(Nc1ccc(C(=O)N2CCc3cc(-c4nc5cccc(F)c5[nH]4)sc3-c3ccc(F)cc32)cc1)c1cccnc1N1CC2(CCOCC2)C1. The molecule has 12 heteroatoms. The first-order chi connectivity index (χ1) is 24.8. The largest absolute Gasteiger partial charge is 0.381 e. The average molecular weight is 703 g/mol. The number of H-pyrrole nitrogens is 1. The maximum atomic E-state index is 14.7. The molecule has 2 N–H and O–H groups in total. The third-order valence-electron chi connectivity index (χ3n) is 10.2. The number of anilines is 3. The molecule has 9 nitrogen and oxygen atoms in total. The summed E-state index contributed by atoms with van der Waals surface area (Å²) in [6.45, 7) is 3.57. The van der Waals surface area contributed by atoms with Gasteiger partial charge in [0, 0.05) is 66.2 Å². The van der Waals surface area contributed by atoms with Crippen LogP contribution in [0.15, 0.2) is 85.1 Å². The van der Waals surface area contributed by atoms with E-state index in [4.69, 9.17) is 4.74 Å². The number of nitrogens with one attached hydrogen (secondary N) is 2. The Morgan fingerprint density at radius 3 is 2.59 bits per heavy atom. The summed E-state index contributed by atoms with van der Waals surface area (Å²) in [6.07, 6.45) is 4.26. The zero-order valence-electron chi connectivity index (χ0n) is 27.4. The number of fused-ring (bicyclic) bond motifs is 4. The van der Waals surface area contributed by atoms with Crippen molar-refractivity contribution in [1.29, 1.82) is 0 Å². The van der Waals surface area contributed by atoms with Gasteiger partial charge >= 0.3 is 0 Å². The number of ether oxygens (including phenoxy) is 1. The molecule has 2 amide bonds. The molecule has 2 fully saturated rings. The number of halogens is 2. The lowest BCUT2D eigenvalue weighted by atomic mass is 9.73. The van der Waals surface area contributed by atoms with Crippen LogP contribution in [-0.2, 0) is 11.2 Å². The van der Waals surface area contributed by atoms with Crippen molar-refractivity contribution >= 4 is 51.4 Å². The maximum absolute atomic E-state index is 14.7. The van der Waals surface area contributed by atoms with Crippen molar-refractivity contribution in [2.75, 3.05) is 48.0 Å². The van der Waals surface area contributed by atoms with Crippen molar-refractivity contribution in [2.24, 2.45) is 5.41 Å². The van der Waals surface area contributed by atoms with Crippen molar-refractivity contribution in [2.45, 2.75) is 19.3 Å². The minimum atomic E-state index is -0.450. The monoisotopic (exact) mass is 702 g/mol. The van der Waals surface area contributed by atoms with Gasteiger partial charge in [-0.1, -0.05) is 6.07 Å². The van der Waals surface area contributed by atoms with E-state index in [1.165, 1.54) is 29.5 Å². The van der Waals surface area contributed by atoms with E-state index in [0.717, 1.165) is 60.0 Å².